The Balaban J connectivity index is 1.47. The fourth-order valence-corrected chi connectivity index (χ4v) is 3.92. The van der Waals surface area contributed by atoms with E-state index >= 15 is 0 Å². The van der Waals surface area contributed by atoms with Gasteiger partial charge in [-0.1, -0.05) is 0 Å². The van der Waals surface area contributed by atoms with E-state index in [1.807, 2.05) is 0 Å². The molecule has 4 rings (SSSR count). The van der Waals surface area contributed by atoms with E-state index in [4.69, 9.17) is 23.7 Å². The molecule has 9 nitrogen and oxygen atoms in total. The molecule has 0 bridgehead atoms. The lowest BCUT2D eigenvalue weighted by atomic mass is 10.1. The summed E-state index contributed by atoms with van der Waals surface area (Å²) in [5.41, 5.74) is 0.980. The number of methoxy groups -OCH3 is 3. The van der Waals surface area contributed by atoms with Gasteiger partial charge in [-0.25, -0.2) is 0 Å². The summed E-state index contributed by atoms with van der Waals surface area (Å²) in [6, 6.07) is 8.47. The number of rotatable bonds is 5. The van der Waals surface area contributed by atoms with Gasteiger partial charge in [0.1, 0.15) is 0 Å². The fraction of sp³-hybridized carbons (Fsp3) is 0.391. The van der Waals surface area contributed by atoms with E-state index in [1.54, 1.807) is 40.1 Å². The Labute approximate surface area is 186 Å². The van der Waals surface area contributed by atoms with Crippen LogP contribution in [0.3, 0.4) is 0 Å². The van der Waals surface area contributed by atoms with Gasteiger partial charge >= 0.3 is 0 Å². The first-order valence-electron chi connectivity index (χ1n) is 10.3. The number of hydrogen-bond donors (Lipinski definition) is 0. The van der Waals surface area contributed by atoms with Crippen molar-refractivity contribution in [3.05, 3.63) is 41.5 Å². The second-order valence-electron chi connectivity index (χ2n) is 7.42. The molecule has 2 aromatic carbocycles. The van der Waals surface area contributed by atoms with Gasteiger partial charge in [0.15, 0.2) is 23.0 Å². The second kappa shape index (κ2) is 9.25. The van der Waals surface area contributed by atoms with Crippen molar-refractivity contribution in [2.24, 2.45) is 0 Å². The third kappa shape index (κ3) is 4.10. The predicted molar refractivity (Wildman–Crippen MR) is 115 cm³/mol. The summed E-state index contributed by atoms with van der Waals surface area (Å²) in [6.07, 6.45) is 0.673. The summed E-state index contributed by atoms with van der Waals surface area (Å²) in [5, 5.41) is 0. The SMILES string of the molecule is COc1cc(C(=O)N2CCCN(C(=O)c3ccc4c(c3)OCO4)CC2)cc(OC)c1OC. The smallest absolute Gasteiger partial charge is 0.254 e. The molecule has 0 aliphatic carbocycles. The maximum atomic E-state index is 13.2. The number of ether oxygens (including phenoxy) is 5. The number of nitrogens with zero attached hydrogens (tertiary/aromatic N) is 2. The molecule has 0 unspecified atom stereocenters. The van der Waals surface area contributed by atoms with E-state index in [-0.39, 0.29) is 18.6 Å². The Kier molecular flexibility index (Phi) is 6.25. The molecule has 9 heteroatoms. The average molecular weight is 442 g/mol. The molecule has 2 heterocycles. The number of carbonyl (C=O) groups is 2. The van der Waals surface area contributed by atoms with E-state index in [2.05, 4.69) is 0 Å². The van der Waals surface area contributed by atoms with Gasteiger partial charge < -0.3 is 33.5 Å². The van der Waals surface area contributed by atoms with Crippen molar-refractivity contribution in [1.29, 1.82) is 0 Å². The third-order valence-corrected chi connectivity index (χ3v) is 5.60. The molecule has 0 radical (unpaired) electrons. The van der Waals surface area contributed by atoms with Crippen LogP contribution in [0.2, 0.25) is 0 Å². The number of fused-ring (bicyclic) bond motifs is 1. The normalized spacial score (nSPS) is 15.2. The Bertz CT molecular complexity index is 998. The molecule has 0 aromatic heterocycles. The maximum absolute atomic E-state index is 13.2. The van der Waals surface area contributed by atoms with E-state index < -0.39 is 0 Å². The molecule has 32 heavy (non-hydrogen) atoms. The molecule has 1 saturated heterocycles. The zero-order valence-corrected chi connectivity index (χ0v) is 18.4. The number of carbonyl (C=O) groups excluding carboxylic acids is 2. The molecular formula is C23H26N2O7. The van der Waals surface area contributed by atoms with Crippen LogP contribution in [0.5, 0.6) is 28.7 Å². The first-order valence-corrected chi connectivity index (χ1v) is 10.3. The van der Waals surface area contributed by atoms with Gasteiger partial charge in [-0.05, 0) is 36.8 Å². The molecule has 0 N–H and O–H groups in total. The van der Waals surface area contributed by atoms with Crippen molar-refractivity contribution in [3.8, 4) is 28.7 Å². The number of hydrogen-bond acceptors (Lipinski definition) is 7. The van der Waals surface area contributed by atoms with Gasteiger partial charge in [-0.15, -0.1) is 0 Å². The highest BCUT2D eigenvalue weighted by atomic mass is 16.7. The molecule has 0 atom stereocenters. The van der Waals surface area contributed by atoms with Crippen molar-refractivity contribution in [1.82, 2.24) is 9.80 Å². The molecule has 2 amide bonds. The highest BCUT2D eigenvalue weighted by Crippen LogP contribution is 2.38. The van der Waals surface area contributed by atoms with Gasteiger partial charge in [-0.3, -0.25) is 9.59 Å². The highest BCUT2D eigenvalue weighted by molar-refractivity contribution is 5.96. The van der Waals surface area contributed by atoms with Crippen LogP contribution in [0, 0.1) is 0 Å². The van der Waals surface area contributed by atoms with Crippen molar-refractivity contribution < 1.29 is 33.3 Å². The Hall–Kier alpha value is -3.62. The summed E-state index contributed by atoms with van der Waals surface area (Å²) < 4.78 is 26.7. The molecule has 0 spiro atoms. The Morgan fingerprint density at radius 2 is 1.34 bits per heavy atom. The zero-order chi connectivity index (χ0) is 22.7. The zero-order valence-electron chi connectivity index (χ0n) is 18.4. The minimum Gasteiger partial charge on any atom is -0.493 e. The number of amides is 2. The van der Waals surface area contributed by atoms with Gasteiger partial charge in [-0.2, -0.15) is 0 Å². The topological polar surface area (TPSA) is 86.8 Å². The fourth-order valence-electron chi connectivity index (χ4n) is 3.92. The van der Waals surface area contributed by atoms with E-state index in [0.717, 1.165) is 0 Å². The van der Waals surface area contributed by atoms with Crippen molar-refractivity contribution in [2.45, 2.75) is 6.42 Å². The highest BCUT2D eigenvalue weighted by Gasteiger charge is 2.26. The monoisotopic (exact) mass is 442 g/mol. The van der Waals surface area contributed by atoms with Crippen LogP contribution in [-0.2, 0) is 0 Å². The summed E-state index contributed by atoms with van der Waals surface area (Å²) in [5.74, 6) is 2.24. The summed E-state index contributed by atoms with van der Waals surface area (Å²) in [7, 11) is 4.54. The van der Waals surface area contributed by atoms with Crippen molar-refractivity contribution >= 4 is 11.8 Å². The summed E-state index contributed by atoms with van der Waals surface area (Å²) >= 11 is 0. The molecule has 2 aliphatic rings. The predicted octanol–water partition coefficient (Wildman–Crippen LogP) is 2.43. The van der Waals surface area contributed by atoms with Crippen LogP contribution in [0.25, 0.3) is 0 Å². The maximum Gasteiger partial charge on any atom is 0.254 e. The van der Waals surface area contributed by atoms with Crippen molar-refractivity contribution in [2.75, 3.05) is 54.3 Å². The lowest BCUT2D eigenvalue weighted by Crippen LogP contribution is -2.37. The molecular weight excluding hydrogens is 416 g/mol. The standard InChI is InChI=1S/C23H26N2O7/c1-28-19-12-16(13-20(29-2)21(19)30-3)23(27)25-8-4-7-24(9-10-25)22(26)15-5-6-17-18(11-15)32-14-31-17/h5-6,11-13H,4,7-10,14H2,1-3H3. The molecule has 170 valence electrons. The lowest BCUT2D eigenvalue weighted by molar-refractivity contribution is 0.0718. The Morgan fingerprint density at radius 3 is 1.94 bits per heavy atom. The Morgan fingerprint density at radius 1 is 0.750 bits per heavy atom. The van der Waals surface area contributed by atoms with Crippen LogP contribution in [0.1, 0.15) is 27.1 Å². The van der Waals surface area contributed by atoms with Crippen LogP contribution in [0.4, 0.5) is 0 Å². The van der Waals surface area contributed by atoms with Crippen LogP contribution >= 0.6 is 0 Å². The minimum absolute atomic E-state index is 0.0922. The average Bonchev–Trinajstić information content (AvgIpc) is 3.16. The van der Waals surface area contributed by atoms with Gasteiger partial charge in [0.2, 0.25) is 12.5 Å². The van der Waals surface area contributed by atoms with E-state index in [9.17, 15) is 9.59 Å². The van der Waals surface area contributed by atoms with Crippen molar-refractivity contribution in [3.63, 3.8) is 0 Å². The molecule has 1 fully saturated rings. The summed E-state index contributed by atoms with van der Waals surface area (Å²) in [4.78, 5) is 29.7. The first kappa shape index (κ1) is 21.6. The number of benzene rings is 2. The lowest BCUT2D eigenvalue weighted by Gasteiger charge is -2.23. The largest absolute Gasteiger partial charge is 0.493 e. The second-order valence-corrected chi connectivity index (χ2v) is 7.42. The van der Waals surface area contributed by atoms with E-state index in [0.29, 0.717) is 72.5 Å². The quantitative estimate of drug-likeness (QED) is 0.703. The van der Waals surface area contributed by atoms with Crippen LogP contribution < -0.4 is 23.7 Å². The summed E-state index contributed by atoms with van der Waals surface area (Å²) in [6.45, 7) is 2.12. The first-order chi connectivity index (χ1) is 15.5. The minimum atomic E-state index is -0.151. The van der Waals surface area contributed by atoms with Crippen LogP contribution in [0.15, 0.2) is 30.3 Å². The third-order valence-electron chi connectivity index (χ3n) is 5.60. The molecule has 2 aromatic rings. The van der Waals surface area contributed by atoms with Gasteiger partial charge in [0.05, 0.1) is 21.3 Å². The van der Waals surface area contributed by atoms with Gasteiger partial charge in [0.25, 0.3) is 11.8 Å². The van der Waals surface area contributed by atoms with Crippen LogP contribution in [-0.4, -0.2) is 75.9 Å². The van der Waals surface area contributed by atoms with E-state index in [1.165, 1.54) is 21.3 Å². The molecule has 2 aliphatic heterocycles. The van der Waals surface area contributed by atoms with Gasteiger partial charge in [0, 0.05) is 37.3 Å². The molecule has 0 saturated carbocycles.